The fourth-order valence-corrected chi connectivity index (χ4v) is 4.05. The summed E-state index contributed by atoms with van der Waals surface area (Å²) >= 11 is 0. The van der Waals surface area contributed by atoms with Crippen molar-refractivity contribution in [1.29, 1.82) is 0 Å². The highest BCUT2D eigenvalue weighted by atomic mass is 19.1. The summed E-state index contributed by atoms with van der Waals surface area (Å²) in [5.41, 5.74) is -0.390. The van der Waals surface area contributed by atoms with Gasteiger partial charge in [0.15, 0.2) is 0 Å². The Bertz CT molecular complexity index is 881. The van der Waals surface area contributed by atoms with E-state index in [-0.39, 0.29) is 40.4 Å². The van der Waals surface area contributed by atoms with Crippen molar-refractivity contribution in [2.24, 2.45) is 11.8 Å². The number of fused-ring (bicyclic) bond motifs is 2. The first-order valence-electron chi connectivity index (χ1n) is 8.33. The number of methoxy groups -OCH3 is 1. The van der Waals surface area contributed by atoms with E-state index in [9.17, 15) is 14.0 Å². The maximum atomic E-state index is 13.8. The van der Waals surface area contributed by atoms with Gasteiger partial charge in [-0.05, 0) is 18.6 Å². The van der Waals surface area contributed by atoms with Crippen LogP contribution in [0.3, 0.4) is 0 Å². The number of aromatic nitrogens is 1. The zero-order chi connectivity index (χ0) is 17.6. The molecule has 2 aliphatic rings. The van der Waals surface area contributed by atoms with Crippen molar-refractivity contribution in [3.63, 3.8) is 0 Å². The molecule has 6 nitrogen and oxygen atoms in total. The molecule has 1 saturated carbocycles. The van der Waals surface area contributed by atoms with Crippen LogP contribution in [0, 0.1) is 17.7 Å². The molecule has 1 aliphatic heterocycles. The van der Waals surface area contributed by atoms with E-state index >= 15 is 0 Å². The molecular formula is C18H19FN2O4. The van der Waals surface area contributed by atoms with Crippen molar-refractivity contribution in [1.82, 2.24) is 10.3 Å². The predicted molar refractivity (Wildman–Crippen MR) is 89.0 cm³/mol. The number of ether oxygens (including phenoxy) is 2. The van der Waals surface area contributed by atoms with Crippen molar-refractivity contribution >= 4 is 16.8 Å². The number of hydrogen-bond acceptors (Lipinski definition) is 4. The maximum Gasteiger partial charge on any atom is 0.257 e. The van der Waals surface area contributed by atoms with Gasteiger partial charge in [0.1, 0.15) is 11.4 Å². The van der Waals surface area contributed by atoms with Gasteiger partial charge in [-0.3, -0.25) is 9.59 Å². The molecule has 1 aliphatic carbocycles. The number of amides is 1. The van der Waals surface area contributed by atoms with Crippen LogP contribution in [0.1, 0.15) is 16.8 Å². The summed E-state index contributed by atoms with van der Waals surface area (Å²) in [6.45, 7) is 1.17. The van der Waals surface area contributed by atoms with Crippen LogP contribution in [0.2, 0.25) is 0 Å². The molecule has 7 heteroatoms. The topological polar surface area (TPSA) is 80.4 Å². The van der Waals surface area contributed by atoms with E-state index in [2.05, 4.69) is 10.3 Å². The Morgan fingerprint density at radius 3 is 3.12 bits per heavy atom. The van der Waals surface area contributed by atoms with E-state index in [0.29, 0.717) is 13.2 Å². The molecule has 0 unspecified atom stereocenters. The Balaban J connectivity index is 1.60. The van der Waals surface area contributed by atoms with Crippen molar-refractivity contribution < 1.29 is 18.7 Å². The number of H-pyrrole nitrogens is 1. The first-order chi connectivity index (χ1) is 12.1. The summed E-state index contributed by atoms with van der Waals surface area (Å²) in [6.07, 6.45) is 2.26. The number of carbonyl (C=O) groups is 1. The van der Waals surface area contributed by atoms with Crippen molar-refractivity contribution in [2.45, 2.75) is 18.6 Å². The summed E-state index contributed by atoms with van der Waals surface area (Å²) in [5, 5.41) is 3.11. The Morgan fingerprint density at radius 2 is 2.32 bits per heavy atom. The van der Waals surface area contributed by atoms with Gasteiger partial charge in [0.2, 0.25) is 5.43 Å². The highest BCUT2D eigenvalue weighted by Crippen LogP contribution is 2.43. The molecule has 2 aromatic rings. The third-order valence-corrected chi connectivity index (χ3v) is 5.29. The predicted octanol–water partition coefficient (Wildman–Crippen LogP) is 1.45. The van der Waals surface area contributed by atoms with Crippen molar-refractivity contribution in [3.05, 3.63) is 46.0 Å². The molecule has 25 heavy (non-hydrogen) atoms. The Labute approximate surface area is 143 Å². The third kappa shape index (κ3) is 2.54. The van der Waals surface area contributed by atoms with Gasteiger partial charge >= 0.3 is 0 Å². The quantitative estimate of drug-likeness (QED) is 0.878. The van der Waals surface area contributed by atoms with E-state index in [0.717, 1.165) is 6.42 Å². The van der Waals surface area contributed by atoms with E-state index in [4.69, 9.17) is 9.47 Å². The summed E-state index contributed by atoms with van der Waals surface area (Å²) in [7, 11) is 1.61. The standard InChI is InChI=1S/C18H19FN2O4/c1-24-8-12-14(10-5-6-25-17(10)12)21-18(23)11-7-20-15-9(16(11)22)3-2-4-13(15)19/h2-4,7,10,12,14,17H,5-6,8H2,1H3,(H,20,22)(H,21,23)/t10-,12+,14+,17-/m0/s1. The van der Waals surface area contributed by atoms with Crippen LogP contribution < -0.4 is 10.7 Å². The number of rotatable bonds is 4. The van der Waals surface area contributed by atoms with E-state index in [1.54, 1.807) is 7.11 Å². The molecule has 2 N–H and O–H groups in total. The normalized spacial score (nSPS) is 27.8. The fourth-order valence-electron chi connectivity index (χ4n) is 4.05. The van der Waals surface area contributed by atoms with Crippen LogP contribution in [-0.4, -0.2) is 43.4 Å². The molecule has 4 rings (SSSR count). The monoisotopic (exact) mass is 346 g/mol. The summed E-state index contributed by atoms with van der Waals surface area (Å²) in [5.74, 6) is -0.643. The van der Waals surface area contributed by atoms with Crippen LogP contribution in [0.25, 0.3) is 10.9 Å². The number of aromatic amines is 1. The van der Waals surface area contributed by atoms with Gasteiger partial charge in [-0.2, -0.15) is 0 Å². The average Bonchev–Trinajstić information content (AvgIpc) is 3.03. The fraction of sp³-hybridized carbons (Fsp3) is 0.444. The van der Waals surface area contributed by atoms with Crippen LogP contribution in [0.4, 0.5) is 4.39 Å². The lowest BCUT2D eigenvalue weighted by Gasteiger charge is -2.47. The second-order valence-corrected chi connectivity index (χ2v) is 6.60. The molecule has 0 bridgehead atoms. The number of carbonyl (C=O) groups excluding carboxylic acids is 1. The number of pyridine rings is 1. The largest absolute Gasteiger partial charge is 0.384 e. The first-order valence-corrected chi connectivity index (χ1v) is 8.33. The van der Waals surface area contributed by atoms with Gasteiger partial charge < -0.3 is 19.8 Å². The number of benzene rings is 1. The van der Waals surface area contributed by atoms with E-state index in [1.807, 2.05) is 0 Å². The second kappa shape index (κ2) is 6.24. The summed E-state index contributed by atoms with van der Waals surface area (Å²) in [6, 6.07) is 4.14. The maximum absolute atomic E-state index is 13.8. The van der Waals surface area contributed by atoms with Crippen LogP contribution >= 0.6 is 0 Å². The molecule has 1 amide bonds. The second-order valence-electron chi connectivity index (χ2n) is 6.60. The number of hydrogen-bond donors (Lipinski definition) is 2. The number of halogens is 1. The Kier molecular flexibility index (Phi) is 4.05. The molecule has 0 spiro atoms. The molecule has 132 valence electrons. The van der Waals surface area contributed by atoms with E-state index in [1.165, 1.54) is 24.4 Å². The molecule has 4 atom stereocenters. The van der Waals surface area contributed by atoms with Gasteiger partial charge in [0.25, 0.3) is 5.91 Å². The zero-order valence-electron chi connectivity index (χ0n) is 13.8. The molecule has 1 aromatic heterocycles. The lowest BCUT2D eigenvalue weighted by Crippen LogP contribution is -2.63. The van der Waals surface area contributed by atoms with Crippen molar-refractivity contribution in [2.75, 3.05) is 20.3 Å². The zero-order valence-corrected chi connectivity index (χ0v) is 13.8. The minimum Gasteiger partial charge on any atom is -0.384 e. The first kappa shape index (κ1) is 16.2. The van der Waals surface area contributed by atoms with Crippen LogP contribution in [0.5, 0.6) is 0 Å². The smallest absolute Gasteiger partial charge is 0.257 e. The van der Waals surface area contributed by atoms with Gasteiger partial charge in [0.05, 0.1) is 18.2 Å². The highest BCUT2D eigenvalue weighted by Gasteiger charge is 2.54. The average molecular weight is 346 g/mol. The molecule has 1 aromatic carbocycles. The SMILES string of the molecule is COC[C@@H]1[C@H](NC(=O)c2c[nH]c3c(F)cccc3c2=O)[C@@H]2CCO[C@H]12. The minimum absolute atomic E-state index is 0.0170. The van der Waals surface area contributed by atoms with Crippen LogP contribution in [0.15, 0.2) is 29.2 Å². The highest BCUT2D eigenvalue weighted by molar-refractivity contribution is 5.97. The van der Waals surface area contributed by atoms with Gasteiger partial charge in [0, 0.05) is 43.2 Å². The number of para-hydroxylation sites is 1. The lowest BCUT2D eigenvalue weighted by atomic mass is 9.67. The Morgan fingerprint density at radius 1 is 1.48 bits per heavy atom. The number of nitrogens with one attached hydrogen (secondary N) is 2. The summed E-state index contributed by atoms with van der Waals surface area (Å²) in [4.78, 5) is 27.9. The van der Waals surface area contributed by atoms with Gasteiger partial charge in [-0.15, -0.1) is 0 Å². The third-order valence-electron chi connectivity index (χ3n) is 5.29. The van der Waals surface area contributed by atoms with Crippen LogP contribution in [-0.2, 0) is 9.47 Å². The Hall–Kier alpha value is -2.25. The van der Waals surface area contributed by atoms with Crippen molar-refractivity contribution in [3.8, 4) is 0 Å². The molecule has 2 fully saturated rings. The van der Waals surface area contributed by atoms with Gasteiger partial charge in [-0.1, -0.05) is 6.07 Å². The lowest BCUT2D eigenvalue weighted by molar-refractivity contribution is -0.0809. The molecule has 2 heterocycles. The summed E-state index contributed by atoms with van der Waals surface area (Å²) < 4.78 is 24.7. The van der Waals surface area contributed by atoms with Gasteiger partial charge in [-0.25, -0.2) is 4.39 Å². The molecular weight excluding hydrogens is 327 g/mol. The van der Waals surface area contributed by atoms with E-state index < -0.39 is 17.2 Å². The molecule has 0 radical (unpaired) electrons. The minimum atomic E-state index is -0.522. The molecule has 1 saturated heterocycles.